The highest BCUT2D eigenvalue weighted by Crippen LogP contribution is 2.28. The number of rotatable bonds is 10. The average molecular weight is 476 g/mol. The Kier molecular flexibility index (Phi) is 11.4. The number of pyridine rings is 1. The highest BCUT2D eigenvalue weighted by Gasteiger charge is 2.22. The maximum atomic E-state index is 10.5. The monoisotopic (exact) mass is 475 g/mol. The van der Waals surface area contributed by atoms with Gasteiger partial charge in [-0.3, -0.25) is 9.79 Å². The van der Waals surface area contributed by atoms with E-state index in [2.05, 4.69) is 27.0 Å². The molecule has 0 bridgehead atoms. The molecular weight excluding hydrogens is 442 g/mol. The molecule has 1 fully saturated rings. The summed E-state index contributed by atoms with van der Waals surface area (Å²) in [5.74, 6) is 1.60. The number of nitrogens with one attached hydrogen (secondary N) is 1. The summed E-state index contributed by atoms with van der Waals surface area (Å²) in [6.45, 7) is 14.0. The minimum absolute atomic E-state index is 0.340. The topological polar surface area (TPSA) is 79.7 Å². The number of likely N-dealkylation sites (tertiary alicyclic amines) is 1. The third kappa shape index (κ3) is 8.37. The summed E-state index contributed by atoms with van der Waals surface area (Å²) >= 11 is 3.27. The smallest absolute Gasteiger partial charge is 0.210 e. The van der Waals surface area contributed by atoms with Crippen LogP contribution in [0.3, 0.4) is 0 Å². The number of thiazole rings is 1. The zero-order valence-corrected chi connectivity index (χ0v) is 21.0. The quantitative estimate of drug-likeness (QED) is 0.228. The van der Waals surface area contributed by atoms with Crippen LogP contribution in [0.4, 0.5) is 5.82 Å². The number of hydrogen-bond acceptors (Lipinski definition) is 8. The maximum Gasteiger partial charge on any atom is 0.210 e. The van der Waals surface area contributed by atoms with Crippen molar-refractivity contribution in [1.29, 1.82) is 0 Å². The number of thioether (sulfide) groups is 1. The zero-order chi connectivity index (χ0) is 23.3. The number of carbonyl (C=O) groups excluding carboxylic acids is 1. The van der Waals surface area contributed by atoms with Crippen LogP contribution in [0.5, 0.6) is 0 Å². The van der Waals surface area contributed by atoms with E-state index in [1.54, 1.807) is 23.1 Å². The molecular formula is C23H33N5O2S2. The minimum atomic E-state index is 0.340. The number of carbonyl (C=O) groups is 1. The van der Waals surface area contributed by atoms with E-state index in [0.29, 0.717) is 12.6 Å². The number of hydrogen-bond donors (Lipinski definition) is 1. The van der Waals surface area contributed by atoms with Crippen molar-refractivity contribution in [1.82, 2.24) is 14.9 Å². The molecule has 174 valence electrons. The fraction of sp³-hybridized carbons (Fsp3) is 0.478. The highest BCUT2D eigenvalue weighted by molar-refractivity contribution is 8.02. The first-order chi connectivity index (χ1) is 15.5. The Hall–Kier alpha value is -2.23. The lowest BCUT2D eigenvalue weighted by molar-refractivity contribution is -0.119. The summed E-state index contributed by atoms with van der Waals surface area (Å²) in [4.78, 5) is 26.2. The summed E-state index contributed by atoms with van der Waals surface area (Å²) in [6, 6.07) is 4.35. The van der Waals surface area contributed by atoms with Crippen LogP contribution in [0.15, 0.2) is 28.7 Å². The second-order valence-electron chi connectivity index (χ2n) is 7.32. The molecule has 0 unspecified atom stereocenters. The third-order valence-electron chi connectivity index (χ3n) is 4.82. The van der Waals surface area contributed by atoms with Crippen molar-refractivity contribution in [3.63, 3.8) is 0 Å². The molecule has 0 aromatic carbocycles. The average Bonchev–Trinajstić information content (AvgIpc) is 3.39. The fourth-order valence-corrected chi connectivity index (χ4v) is 4.81. The van der Waals surface area contributed by atoms with E-state index in [0.717, 1.165) is 70.9 Å². The second kappa shape index (κ2) is 14.0. The number of ether oxygens (including phenoxy) is 1. The Bertz CT molecular complexity index is 883. The molecule has 9 heteroatoms. The molecule has 2 aromatic rings. The van der Waals surface area contributed by atoms with Crippen LogP contribution in [0.1, 0.15) is 40.9 Å². The molecule has 1 aliphatic rings. The van der Waals surface area contributed by atoms with Crippen molar-refractivity contribution in [2.45, 2.75) is 46.6 Å². The molecule has 0 radical (unpaired) electrons. The molecule has 1 aliphatic heterocycles. The van der Waals surface area contributed by atoms with Gasteiger partial charge in [0.25, 0.3) is 0 Å². The van der Waals surface area contributed by atoms with Gasteiger partial charge in [-0.15, -0.1) is 23.1 Å². The number of anilines is 1. The van der Waals surface area contributed by atoms with Gasteiger partial charge in [-0.2, -0.15) is 0 Å². The van der Waals surface area contributed by atoms with Crippen molar-refractivity contribution in [2.75, 3.05) is 31.0 Å². The van der Waals surface area contributed by atoms with E-state index in [1.165, 1.54) is 0 Å². The summed E-state index contributed by atoms with van der Waals surface area (Å²) in [7, 11) is 0. The molecule has 1 N–H and O–H groups in total. The number of aromatic nitrogens is 2. The number of amides is 1. The van der Waals surface area contributed by atoms with Gasteiger partial charge in [0.2, 0.25) is 6.41 Å². The molecule has 2 aromatic heterocycles. The largest absolute Gasteiger partial charge is 0.380 e. The van der Waals surface area contributed by atoms with Gasteiger partial charge in [0.1, 0.15) is 5.82 Å². The Labute approximate surface area is 199 Å². The first kappa shape index (κ1) is 26.0. The summed E-state index contributed by atoms with van der Waals surface area (Å²) in [5.41, 5.74) is 3.04. The van der Waals surface area contributed by atoms with Crippen molar-refractivity contribution in [3.8, 4) is 0 Å². The van der Waals surface area contributed by atoms with Crippen LogP contribution in [0, 0.1) is 20.8 Å². The Morgan fingerprint density at radius 1 is 1.44 bits per heavy atom. The maximum absolute atomic E-state index is 10.5. The van der Waals surface area contributed by atoms with E-state index in [1.807, 2.05) is 56.3 Å². The summed E-state index contributed by atoms with van der Waals surface area (Å²) in [6.07, 6.45) is 4.99. The van der Waals surface area contributed by atoms with Crippen LogP contribution in [-0.2, 0) is 9.53 Å². The first-order valence-corrected chi connectivity index (χ1v) is 12.5. The molecule has 0 spiro atoms. The SMILES string of the molecule is C=N/C(=C\SCNc1ccc(C)cn1)c1sc(C)nc1C.CCOC[C@H]1CCCN1C=O. The van der Waals surface area contributed by atoms with Crippen molar-refractivity contribution >= 4 is 47.7 Å². The van der Waals surface area contributed by atoms with Crippen LogP contribution < -0.4 is 5.32 Å². The van der Waals surface area contributed by atoms with E-state index < -0.39 is 0 Å². The molecule has 7 nitrogen and oxygen atoms in total. The number of aryl methyl sites for hydroxylation is 3. The van der Waals surface area contributed by atoms with Gasteiger partial charge in [-0.1, -0.05) is 6.07 Å². The molecule has 1 saturated heterocycles. The van der Waals surface area contributed by atoms with Gasteiger partial charge >= 0.3 is 0 Å². The van der Waals surface area contributed by atoms with Gasteiger partial charge in [-0.25, -0.2) is 9.97 Å². The van der Waals surface area contributed by atoms with E-state index >= 15 is 0 Å². The van der Waals surface area contributed by atoms with Gasteiger partial charge < -0.3 is 15.0 Å². The standard InChI is InChI=1S/C15H18N4S2.C8H15NO2/c1-10-5-6-14(17-7-10)18-9-20-8-13(16-4)15-11(2)19-12(3)21-15;1-2-11-6-8-4-3-5-9(8)7-10/h5-8H,4,9H2,1-3H3,(H,17,18);7-8H,2-6H2,1H3/b13-8-;/t;8-/m.1/s1. The number of nitrogens with zero attached hydrogens (tertiary/aromatic N) is 4. The van der Waals surface area contributed by atoms with Gasteiger partial charge in [0.05, 0.1) is 39.8 Å². The van der Waals surface area contributed by atoms with Crippen molar-refractivity contribution < 1.29 is 9.53 Å². The zero-order valence-electron chi connectivity index (χ0n) is 19.3. The lowest BCUT2D eigenvalue weighted by Crippen LogP contribution is -2.31. The van der Waals surface area contributed by atoms with Crippen LogP contribution in [0.25, 0.3) is 5.70 Å². The third-order valence-corrected chi connectivity index (χ3v) is 6.62. The first-order valence-electron chi connectivity index (χ1n) is 10.7. The highest BCUT2D eigenvalue weighted by atomic mass is 32.2. The van der Waals surface area contributed by atoms with E-state index in [4.69, 9.17) is 4.74 Å². The Morgan fingerprint density at radius 2 is 2.25 bits per heavy atom. The molecule has 0 saturated carbocycles. The van der Waals surface area contributed by atoms with Gasteiger partial charge in [-0.05, 0) is 64.3 Å². The van der Waals surface area contributed by atoms with Crippen LogP contribution >= 0.6 is 23.1 Å². The van der Waals surface area contributed by atoms with Gasteiger partial charge in [0.15, 0.2) is 0 Å². The predicted molar refractivity (Wildman–Crippen MR) is 136 cm³/mol. The van der Waals surface area contributed by atoms with Gasteiger partial charge in [0, 0.05) is 19.3 Å². The fourth-order valence-electron chi connectivity index (χ4n) is 3.17. The lowest BCUT2D eigenvalue weighted by atomic mass is 10.2. The Balaban J connectivity index is 0.000000278. The van der Waals surface area contributed by atoms with E-state index in [9.17, 15) is 4.79 Å². The molecule has 32 heavy (non-hydrogen) atoms. The summed E-state index contributed by atoms with van der Waals surface area (Å²) < 4.78 is 5.25. The molecule has 1 atom stereocenters. The van der Waals surface area contributed by atoms with Crippen molar-refractivity contribution in [3.05, 3.63) is 44.9 Å². The van der Waals surface area contributed by atoms with Crippen LogP contribution in [-0.4, -0.2) is 59.7 Å². The normalized spacial score (nSPS) is 15.8. The summed E-state index contributed by atoms with van der Waals surface area (Å²) in [5, 5.41) is 6.31. The molecule has 1 amide bonds. The molecule has 3 rings (SSSR count). The number of aliphatic imine (C=N–C) groups is 1. The van der Waals surface area contributed by atoms with Crippen molar-refractivity contribution in [2.24, 2.45) is 4.99 Å². The van der Waals surface area contributed by atoms with E-state index in [-0.39, 0.29) is 0 Å². The second-order valence-corrected chi connectivity index (χ2v) is 9.38. The molecule has 3 heterocycles. The minimum Gasteiger partial charge on any atom is -0.380 e. The molecule has 0 aliphatic carbocycles. The lowest BCUT2D eigenvalue weighted by Gasteiger charge is -2.18. The van der Waals surface area contributed by atoms with Crippen LogP contribution in [0.2, 0.25) is 0 Å². The Morgan fingerprint density at radius 3 is 2.84 bits per heavy atom. The predicted octanol–water partition coefficient (Wildman–Crippen LogP) is 4.91.